The van der Waals surface area contributed by atoms with E-state index in [4.69, 9.17) is 5.11 Å². The molecule has 1 heterocycles. The van der Waals surface area contributed by atoms with Crippen molar-refractivity contribution >= 4 is 15.7 Å². The smallest absolute Gasteiger partial charge is 0.281 e. The van der Waals surface area contributed by atoms with Crippen LogP contribution in [0.25, 0.3) is 0 Å². The van der Waals surface area contributed by atoms with Crippen LogP contribution in [0.3, 0.4) is 0 Å². The third kappa shape index (κ3) is 2.43. The van der Waals surface area contributed by atoms with Crippen LogP contribution in [0.1, 0.15) is 0 Å². The Labute approximate surface area is 103 Å². The van der Waals surface area contributed by atoms with Crippen molar-refractivity contribution in [3.05, 3.63) is 36.5 Å². The lowest BCUT2D eigenvalue weighted by Crippen LogP contribution is -2.14. The van der Waals surface area contributed by atoms with Crippen LogP contribution in [0.5, 0.6) is 5.75 Å². The third-order valence-electron chi connectivity index (χ3n) is 2.15. The summed E-state index contributed by atoms with van der Waals surface area (Å²) in [5.41, 5.74) is -0.251. The van der Waals surface area contributed by atoms with Gasteiger partial charge in [-0.25, -0.2) is 9.37 Å². The lowest BCUT2D eigenvalue weighted by atomic mass is 10.3. The Hall–Kier alpha value is -2.09. The van der Waals surface area contributed by atoms with E-state index in [1.54, 1.807) is 7.05 Å². The van der Waals surface area contributed by atoms with Gasteiger partial charge in [0.1, 0.15) is 5.75 Å². The summed E-state index contributed by atoms with van der Waals surface area (Å²) in [4.78, 5) is 3.67. The van der Waals surface area contributed by atoms with Gasteiger partial charge in [-0.05, 0) is 12.1 Å². The second-order valence-electron chi connectivity index (χ2n) is 3.65. The number of phenolic OH excluding ortho intramolecular Hbond substituents is 1. The molecule has 1 aromatic heterocycles. The van der Waals surface area contributed by atoms with Crippen molar-refractivity contribution in [1.29, 1.82) is 0 Å². The fraction of sp³-hybridized carbons (Fsp3) is 0.100. The van der Waals surface area contributed by atoms with Crippen LogP contribution < -0.4 is 4.72 Å². The molecule has 0 aliphatic heterocycles. The quantitative estimate of drug-likeness (QED) is 0.818. The molecule has 0 radical (unpaired) electrons. The fourth-order valence-corrected chi connectivity index (χ4v) is 2.36. The summed E-state index contributed by atoms with van der Waals surface area (Å²) in [6, 6.07) is 3.13. The highest BCUT2D eigenvalue weighted by atomic mass is 32.2. The van der Waals surface area contributed by atoms with Crippen molar-refractivity contribution in [2.45, 2.75) is 5.03 Å². The minimum atomic E-state index is -3.93. The zero-order valence-electron chi connectivity index (χ0n) is 9.33. The Bertz CT molecular complexity index is 681. The number of sulfonamides is 1. The van der Waals surface area contributed by atoms with Gasteiger partial charge in [-0.15, -0.1) is 0 Å². The molecule has 96 valence electrons. The predicted octanol–water partition coefficient (Wildman–Crippen LogP) is 1.07. The second kappa shape index (κ2) is 4.30. The minimum absolute atomic E-state index is 0.211. The summed E-state index contributed by atoms with van der Waals surface area (Å²) in [7, 11) is -2.31. The molecular formula is C10H10FN3O3S. The number of hydrogen-bond donors (Lipinski definition) is 2. The predicted molar refractivity (Wildman–Crippen MR) is 62.1 cm³/mol. The van der Waals surface area contributed by atoms with Crippen LogP contribution >= 0.6 is 0 Å². The largest absolute Gasteiger partial charge is 0.508 e. The molecule has 0 fully saturated rings. The third-order valence-corrected chi connectivity index (χ3v) is 3.40. The van der Waals surface area contributed by atoms with Gasteiger partial charge in [-0.1, -0.05) is 0 Å². The molecule has 0 saturated carbocycles. The Morgan fingerprint density at radius 1 is 1.44 bits per heavy atom. The van der Waals surface area contributed by atoms with E-state index in [0.29, 0.717) is 0 Å². The molecule has 1 aromatic carbocycles. The lowest BCUT2D eigenvalue weighted by Gasteiger charge is -2.06. The average Bonchev–Trinajstić information content (AvgIpc) is 2.70. The normalized spacial score (nSPS) is 11.4. The van der Waals surface area contributed by atoms with E-state index in [1.165, 1.54) is 23.2 Å². The van der Waals surface area contributed by atoms with Crippen LogP contribution in [0.15, 0.2) is 35.7 Å². The first-order valence-electron chi connectivity index (χ1n) is 4.88. The number of hydrogen-bond acceptors (Lipinski definition) is 4. The zero-order chi connectivity index (χ0) is 13.3. The average molecular weight is 271 g/mol. The van der Waals surface area contributed by atoms with Crippen LogP contribution in [-0.4, -0.2) is 23.1 Å². The molecule has 18 heavy (non-hydrogen) atoms. The molecule has 0 aliphatic carbocycles. The number of aromatic nitrogens is 2. The van der Waals surface area contributed by atoms with E-state index in [0.717, 1.165) is 12.1 Å². The summed E-state index contributed by atoms with van der Waals surface area (Å²) in [6.45, 7) is 0. The molecule has 0 unspecified atom stereocenters. The summed E-state index contributed by atoms with van der Waals surface area (Å²) in [6.07, 6.45) is 2.61. The van der Waals surface area contributed by atoms with Gasteiger partial charge in [0.15, 0.2) is 10.8 Å². The van der Waals surface area contributed by atoms with Crippen LogP contribution in [0.4, 0.5) is 10.1 Å². The molecule has 6 nitrogen and oxygen atoms in total. The van der Waals surface area contributed by atoms with Crippen molar-refractivity contribution in [3.63, 3.8) is 0 Å². The Kier molecular flexibility index (Phi) is 2.95. The monoisotopic (exact) mass is 271 g/mol. The van der Waals surface area contributed by atoms with E-state index >= 15 is 0 Å². The van der Waals surface area contributed by atoms with Crippen LogP contribution in [-0.2, 0) is 17.1 Å². The number of aryl methyl sites for hydroxylation is 1. The van der Waals surface area contributed by atoms with E-state index in [2.05, 4.69) is 9.71 Å². The highest BCUT2D eigenvalue weighted by Gasteiger charge is 2.18. The SMILES string of the molecule is Cn1cnc(S(=O)(=O)Nc2ccc(O)cc2F)c1. The summed E-state index contributed by atoms with van der Waals surface area (Å²) in [5.74, 6) is -1.15. The van der Waals surface area contributed by atoms with Crippen LogP contribution in [0, 0.1) is 5.82 Å². The molecule has 2 aromatic rings. The van der Waals surface area contributed by atoms with E-state index in [9.17, 15) is 12.8 Å². The second-order valence-corrected chi connectivity index (χ2v) is 5.28. The molecular weight excluding hydrogens is 261 g/mol. The topological polar surface area (TPSA) is 84.2 Å². The standard InChI is InChI=1S/C10H10FN3O3S/c1-14-5-10(12-6-14)18(16,17)13-9-3-2-7(15)4-8(9)11/h2-6,13,15H,1H3. The van der Waals surface area contributed by atoms with Gasteiger partial charge < -0.3 is 9.67 Å². The molecule has 0 bridgehead atoms. The van der Waals surface area contributed by atoms with E-state index in [1.807, 2.05) is 0 Å². The van der Waals surface area contributed by atoms with Crippen molar-refractivity contribution in [3.8, 4) is 5.75 Å². The zero-order valence-corrected chi connectivity index (χ0v) is 10.1. The molecule has 2 N–H and O–H groups in total. The van der Waals surface area contributed by atoms with Crippen molar-refractivity contribution in [2.75, 3.05) is 4.72 Å². The van der Waals surface area contributed by atoms with Crippen molar-refractivity contribution in [1.82, 2.24) is 9.55 Å². The van der Waals surface area contributed by atoms with Gasteiger partial charge in [-0.2, -0.15) is 8.42 Å². The molecule has 2 rings (SSSR count). The number of halogens is 1. The van der Waals surface area contributed by atoms with Gasteiger partial charge in [0.05, 0.1) is 12.0 Å². The number of benzene rings is 1. The molecule has 0 aliphatic rings. The van der Waals surface area contributed by atoms with Crippen molar-refractivity contribution in [2.24, 2.45) is 7.05 Å². The number of imidazole rings is 1. The first-order chi connectivity index (χ1) is 8.38. The van der Waals surface area contributed by atoms with Gasteiger partial charge in [-0.3, -0.25) is 4.72 Å². The van der Waals surface area contributed by atoms with E-state index < -0.39 is 15.8 Å². The maximum Gasteiger partial charge on any atom is 0.281 e. The summed E-state index contributed by atoms with van der Waals surface area (Å²) < 4.78 is 40.6. The number of nitrogens with one attached hydrogen (secondary N) is 1. The lowest BCUT2D eigenvalue weighted by molar-refractivity contribution is 0.469. The molecule has 0 saturated heterocycles. The summed E-state index contributed by atoms with van der Waals surface area (Å²) >= 11 is 0. The first kappa shape index (κ1) is 12.4. The molecule has 8 heteroatoms. The first-order valence-corrected chi connectivity index (χ1v) is 6.36. The van der Waals surface area contributed by atoms with Gasteiger partial charge in [0, 0.05) is 19.3 Å². The van der Waals surface area contributed by atoms with Crippen LogP contribution in [0.2, 0.25) is 0 Å². The number of anilines is 1. The molecule has 0 spiro atoms. The Morgan fingerprint density at radius 2 is 2.17 bits per heavy atom. The van der Waals surface area contributed by atoms with Gasteiger partial charge >= 0.3 is 0 Å². The van der Waals surface area contributed by atoms with Crippen molar-refractivity contribution < 1.29 is 17.9 Å². The maximum absolute atomic E-state index is 13.4. The maximum atomic E-state index is 13.4. The van der Waals surface area contributed by atoms with Gasteiger partial charge in [0.2, 0.25) is 0 Å². The molecule has 0 atom stereocenters. The number of nitrogens with zero attached hydrogens (tertiary/aromatic N) is 2. The fourth-order valence-electron chi connectivity index (χ4n) is 1.31. The minimum Gasteiger partial charge on any atom is -0.508 e. The Morgan fingerprint density at radius 3 is 2.72 bits per heavy atom. The number of aromatic hydroxyl groups is 1. The molecule has 0 amide bonds. The van der Waals surface area contributed by atoms with E-state index in [-0.39, 0.29) is 16.5 Å². The Balaban J connectivity index is 2.33. The van der Waals surface area contributed by atoms with Gasteiger partial charge in [0.25, 0.3) is 10.0 Å². The summed E-state index contributed by atoms with van der Waals surface area (Å²) in [5, 5.41) is 8.81. The highest BCUT2D eigenvalue weighted by molar-refractivity contribution is 7.92. The highest BCUT2D eigenvalue weighted by Crippen LogP contribution is 2.21. The number of phenols is 1. The number of rotatable bonds is 3.